The molecule has 0 aliphatic rings. The lowest BCUT2D eigenvalue weighted by molar-refractivity contribution is -0.105. The molecule has 0 radical (unpaired) electrons. The molecule has 0 aromatic heterocycles. The molecule has 0 amide bonds. The van der Waals surface area contributed by atoms with Crippen molar-refractivity contribution >= 4 is 23.2 Å². The maximum Gasteiger partial charge on any atom is 0.417 e. The summed E-state index contributed by atoms with van der Waals surface area (Å²) in [6.07, 6.45) is -4.36. The molecule has 0 heterocycles. The van der Waals surface area contributed by atoms with E-state index in [1.54, 1.807) is 50.1 Å². The topological polar surface area (TPSA) is 23.6 Å². The van der Waals surface area contributed by atoms with Gasteiger partial charge in [-0.25, -0.2) is 0 Å². The predicted molar refractivity (Wildman–Crippen MR) is 91.2 cm³/mol. The van der Waals surface area contributed by atoms with E-state index >= 15 is 0 Å². The number of benzene rings is 1. The van der Waals surface area contributed by atoms with Gasteiger partial charge in [-0.05, 0) is 25.1 Å². The Morgan fingerprint density at radius 1 is 1.04 bits per heavy atom. The molecule has 0 unspecified atom stereocenters. The lowest BCUT2D eigenvalue weighted by atomic mass is 9.97. The molecule has 0 saturated carbocycles. The number of hydrogen-bond donors (Lipinski definition) is 0. The number of nitrogens with zero attached hydrogens (tertiary/aromatic N) is 2. The molecule has 23 heavy (non-hydrogen) atoms. The Hall–Kier alpha value is -1.98. The van der Waals surface area contributed by atoms with Gasteiger partial charge in [0.25, 0.3) is 0 Å². The van der Waals surface area contributed by atoms with E-state index in [2.05, 4.69) is 0 Å². The first-order valence-electron chi connectivity index (χ1n) is 7.32. The molecular weight excluding hydrogens is 305 g/mol. The van der Waals surface area contributed by atoms with Crippen LogP contribution in [0.25, 0.3) is 5.57 Å². The third kappa shape index (κ3) is 5.30. The smallest absolute Gasteiger partial charge is 0.378 e. The number of rotatable bonds is 4. The van der Waals surface area contributed by atoms with E-state index < -0.39 is 11.7 Å². The molecule has 0 spiro atoms. The normalized spacial score (nSPS) is 11.9. The number of anilines is 2. The monoisotopic (exact) mass is 330 g/mol. The summed E-state index contributed by atoms with van der Waals surface area (Å²) in [6.45, 7) is 5.18. The third-order valence-electron chi connectivity index (χ3n) is 3.10. The standard InChI is InChI=1S/C15H19F3N2O.C2H6/c1-10(9-21)14(15(16,17)18)12-8-11(19(2)3)6-7-13(12)20(4)5;1-2/h6-9H,1-5H3;1-2H3/b14-10+;. The molecule has 130 valence electrons. The minimum atomic E-state index is -4.60. The minimum absolute atomic E-state index is 0.00306. The first kappa shape index (κ1) is 21.0. The highest BCUT2D eigenvalue weighted by Crippen LogP contribution is 2.41. The van der Waals surface area contributed by atoms with Gasteiger partial charge in [-0.1, -0.05) is 13.8 Å². The second-order valence-electron chi connectivity index (χ2n) is 5.16. The van der Waals surface area contributed by atoms with Crippen LogP contribution in [0.5, 0.6) is 0 Å². The third-order valence-corrected chi connectivity index (χ3v) is 3.10. The van der Waals surface area contributed by atoms with Crippen molar-refractivity contribution in [1.29, 1.82) is 0 Å². The number of allylic oxidation sites excluding steroid dienone is 2. The zero-order chi connectivity index (χ0) is 18.4. The number of carbonyl (C=O) groups is 1. The van der Waals surface area contributed by atoms with E-state index in [9.17, 15) is 18.0 Å². The van der Waals surface area contributed by atoms with Gasteiger partial charge in [0.1, 0.15) is 6.29 Å². The first-order valence-corrected chi connectivity index (χ1v) is 7.32. The van der Waals surface area contributed by atoms with Crippen LogP contribution in [0.2, 0.25) is 0 Å². The van der Waals surface area contributed by atoms with Crippen LogP contribution in [-0.4, -0.2) is 40.7 Å². The zero-order valence-corrected chi connectivity index (χ0v) is 14.7. The molecule has 0 saturated heterocycles. The maximum atomic E-state index is 13.4. The predicted octanol–water partition coefficient (Wildman–Crippen LogP) is 4.38. The van der Waals surface area contributed by atoms with E-state index in [0.29, 0.717) is 11.4 Å². The summed E-state index contributed by atoms with van der Waals surface area (Å²) in [5.74, 6) is 0. The lowest BCUT2D eigenvalue weighted by Crippen LogP contribution is -2.19. The van der Waals surface area contributed by atoms with Gasteiger partial charge in [-0.3, -0.25) is 4.79 Å². The lowest BCUT2D eigenvalue weighted by Gasteiger charge is -2.24. The second kappa shape index (κ2) is 8.60. The zero-order valence-electron chi connectivity index (χ0n) is 14.7. The largest absolute Gasteiger partial charge is 0.417 e. The molecule has 1 aromatic rings. The first-order chi connectivity index (χ1) is 10.6. The summed E-state index contributed by atoms with van der Waals surface area (Å²) in [6, 6.07) is 4.81. The van der Waals surface area contributed by atoms with Crippen LogP contribution < -0.4 is 9.80 Å². The molecular formula is C17H25F3N2O. The molecule has 0 aliphatic carbocycles. The van der Waals surface area contributed by atoms with E-state index in [-0.39, 0.29) is 17.4 Å². The van der Waals surface area contributed by atoms with Gasteiger partial charge in [0, 0.05) is 50.7 Å². The van der Waals surface area contributed by atoms with Gasteiger partial charge in [0.15, 0.2) is 0 Å². The summed E-state index contributed by atoms with van der Waals surface area (Å²) in [7, 11) is 6.83. The Morgan fingerprint density at radius 3 is 1.91 bits per heavy atom. The van der Waals surface area contributed by atoms with Gasteiger partial charge in [0.05, 0.1) is 5.57 Å². The maximum absolute atomic E-state index is 13.4. The van der Waals surface area contributed by atoms with Crippen LogP contribution in [0.4, 0.5) is 24.5 Å². The van der Waals surface area contributed by atoms with Gasteiger partial charge >= 0.3 is 6.18 Å². The fourth-order valence-electron chi connectivity index (χ4n) is 2.04. The molecule has 6 heteroatoms. The number of aldehydes is 1. The van der Waals surface area contributed by atoms with Crippen LogP contribution in [0.1, 0.15) is 26.3 Å². The van der Waals surface area contributed by atoms with E-state index in [4.69, 9.17) is 0 Å². The average molecular weight is 330 g/mol. The van der Waals surface area contributed by atoms with Crippen LogP contribution in [0, 0.1) is 0 Å². The fraction of sp³-hybridized carbons (Fsp3) is 0.471. The van der Waals surface area contributed by atoms with Crippen molar-refractivity contribution in [3.05, 3.63) is 29.3 Å². The molecule has 3 nitrogen and oxygen atoms in total. The van der Waals surface area contributed by atoms with Gasteiger partial charge < -0.3 is 9.80 Å². The molecule has 0 N–H and O–H groups in total. The van der Waals surface area contributed by atoms with Gasteiger partial charge in [-0.15, -0.1) is 0 Å². The van der Waals surface area contributed by atoms with Crippen molar-refractivity contribution in [3.8, 4) is 0 Å². The van der Waals surface area contributed by atoms with Gasteiger partial charge in [0.2, 0.25) is 0 Å². The molecule has 1 rings (SSSR count). The summed E-state index contributed by atoms with van der Waals surface area (Å²) in [5.41, 5.74) is -0.181. The Labute approximate surface area is 136 Å². The average Bonchev–Trinajstić information content (AvgIpc) is 2.47. The molecule has 1 aromatic carbocycles. The van der Waals surface area contributed by atoms with Crippen molar-refractivity contribution in [2.24, 2.45) is 0 Å². The number of carbonyl (C=O) groups excluding carboxylic acids is 1. The van der Waals surface area contributed by atoms with Crippen LogP contribution in [-0.2, 0) is 4.79 Å². The highest BCUT2D eigenvalue weighted by Gasteiger charge is 2.38. The molecule has 0 atom stereocenters. The Bertz CT molecular complexity index is 561. The summed E-state index contributed by atoms with van der Waals surface area (Å²) in [4.78, 5) is 14.2. The van der Waals surface area contributed by atoms with Crippen molar-refractivity contribution in [2.75, 3.05) is 38.0 Å². The highest BCUT2D eigenvalue weighted by atomic mass is 19.4. The summed E-state index contributed by atoms with van der Waals surface area (Å²) >= 11 is 0. The fourth-order valence-corrected chi connectivity index (χ4v) is 2.04. The summed E-state index contributed by atoms with van der Waals surface area (Å²) < 4.78 is 40.1. The Kier molecular flexibility index (Phi) is 7.86. The molecule has 0 fully saturated rings. The second-order valence-corrected chi connectivity index (χ2v) is 5.16. The molecule has 0 aliphatic heterocycles. The molecule has 0 bridgehead atoms. The number of halogens is 3. The van der Waals surface area contributed by atoms with Crippen LogP contribution in [0.3, 0.4) is 0 Å². The van der Waals surface area contributed by atoms with Crippen molar-refractivity contribution in [1.82, 2.24) is 0 Å². The minimum Gasteiger partial charge on any atom is -0.378 e. The van der Waals surface area contributed by atoms with Crippen LogP contribution >= 0.6 is 0 Å². The van der Waals surface area contributed by atoms with E-state index in [0.717, 1.165) is 0 Å². The van der Waals surface area contributed by atoms with Crippen molar-refractivity contribution in [3.63, 3.8) is 0 Å². The SMILES string of the molecule is C/C(C=O)=C(/c1cc(N(C)C)ccc1N(C)C)C(F)(F)F.CC. The number of alkyl halides is 3. The highest BCUT2D eigenvalue weighted by molar-refractivity contribution is 5.93. The van der Waals surface area contributed by atoms with E-state index in [1.807, 2.05) is 13.8 Å². The van der Waals surface area contributed by atoms with E-state index in [1.165, 1.54) is 13.0 Å². The number of hydrogen-bond acceptors (Lipinski definition) is 3. The summed E-state index contributed by atoms with van der Waals surface area (Å²) in [5, 5.41) is 0. The van der Waals surface area contributed by atoms with Crippen molar-refractivity contribution in [2.45, 2.75) is 26.9 Å². The Morgan fingerprint density at radius 2 is 1.57 bits per heavy atom. The quantitative estimate of drug-likeness (QED) is 0.605. The Balaban J connectivity index is 0.00000232. The van der Waals surface area contributed by atoms with Crippen LogP contribution in [0.15, 0.2) is 23.8 Å². The van der Waals surface area contributed by atoms with Crippen molar-refractivity contribution < 1.29 is 18.0 Å². The van der Waals surface area contributed by atoms with Gasteiger partial charge in [-0.2, -0.15) is 13.2 Å².